The third-order valence-corrected chi connectivity index (χ3v) is 13.6. The molecule has 0 aliphatic heterocycles. The van der Waals surface area contributed by atoms with E-state index in [2.05, 4.69) is 62.5 Å². The Kier molecular flexibility index (Phi) is 57.3. The molecule has 398 valence electrons. The molecule has 0 fully saturated rings. The summed E-state index contributed by atoms with van der Waals surface area (Å²) in [5, 5.41) is 9.64. The molecule has 0 aromatic rings. The summed E-state index contributed by atoms with van der Waals surface area (Å²) in [7, 11) is 0. The molecule has 5 heteroatoms. The molecular formula is C63H116O5. The van der Waals surface area contributed by atoms with Crippen molar-refractivity contribution in [2.45, 2.75) is 328 Å². The van der Waals surface area contributed by atoms with Gasteiger partial charge < -0.3 is 14.6 Å². The summed E-state index contributed by atoms with van der Waals surface area (Å²) in [6.07, 6.45) is 78.4. The van der Waals surface area contributed by atoms with E-state index in [4.69, 9.17) is 9.47 Å². The number of esters is 2. The number of hydrogen-bond acceptors (Lipinski definition) is 5. The van der Waals surface area contributed by atoms with Gasteiger partial charge in [-0.3, -0.25) is 9.59 Å². The van der Waals surface area contributed by atoms with Gasteiger partial charge in [-0.1, -0.05) is 287 Å². The molecule has 0 aromatic heterocycles. The highest BCUT2D eigenvalue weighted by atomic mass is 16.6. The SMILES string of the molecule is CC/C=C\C/C=C\C/C=C\CCCCCCCCCC(=O)OC(CO)COC(=O)CCCCCCCCCCCCCCCCCCCCCCCCCCC/C=C\CCCCCCCCCC. The molecule has 0 aliphatic rings. The summed E-state index contributed by atoms with van der Waals surface area (Å²) in [5.41, 5.74) is 0. The van der Waals surface area contributed by atoms with E-state index in [1.807, 2.05) is 0 Å². The van der Waals surface area contributed by atoms with Crippen LogP contribution in [0.25, 0.3) is 0 Å². The lowest BCUT2D eigenvalue weighted by Gasteiger charge is -2.15. The van der Waals surface area contributed by atoms with Crippen LogP contribution in [0, 0.1) is 0 Å². The quantitative estimate of drug-likeness (QED) is 0.0374. The molecule has 0 amide bonds. The van der Waals surface area contributed by atoms with E-state index in [1.54, 1.807) is 0 Å². The van der Waals surface area contributed by atoms with Gasteiger partial charge in [-0.05, 0) is 70.6 Å². The normalized spacial score (nSPS) is 12.5. The summed E-state index contributed by atoms with van der Waals surface area (Å²) < 4.78 is 10.7. The summed E-state index contributed by atoms with van der Waals surface area (Å²) in [4.78, 5) is 24.5. The molecule has 0 heterocycles. The molecule has 1 atom stereocenters. The zero-order valence-corrected chi connectivity index (χ0v) is 45.6. The number of carbonyl (C=O) groups is 2. The zero-order chi connectivity index (χ0) is 49.2. The second-order valence-corrected chi connectivity index (χ2v) is 20.4. The lowest BCUT2D eigenvalue weighted by molar-refractivity contribution is -0.161. The maximum Gasteiger partial charge on any atom is 0.306 e. The highest BCUT2D eigenvalue weighted by Crippen LogP contribution is 2.18. The molecule has 0 aromatic carbocycles. The first-order valence-corrected chi connectivity index (χ1v) is 30.2. The van der Waals surface area contributed by atoms with Crippen LogP contribution in [-0.2, 0) is 19.1 Å². The fourth-order valence-electron chi connectivity index (χ4n) is 9.10. The fourth-order valence-corrected chi connectivity index (χ4v) is 9.10. The van der Waals surface area contributed by atoms with Crippen molar-refractivity contribution in [3.05, 3.63) is 48.6 Å². The summed E-state index contributed by atoms with van der Waals surface area (Å²) >= 11 is 0. The zero-order valence-electron chi connectivity index (χ0n) is 45.6. The molecule has 68 heavy (non-hydrogen) atoms. The minimum atomic E-state index is -0.777. The maximum absolute atomic E-state index is 12.3. The van der Waals surface area contributed by atoms with Gasteiger partial charge in [0.15, 0.2) is 6.10 Å². The number of allylic oxidation sites excluding steroid dienone is 8. The standard InChI is InChI=1S/C63H116O5/c1-3-5-7-9-11-13-15-17-19-21-22-23-24-25-26-27-28-29-30-31-32-33-34-35-36-37-38-39-40-42-43-45-47-49-51-53-55-57-62(65)67-60-61(59-64)68-63(66)58-56-54-52-50-48-46-44-41-20-18-16-14-12-10-8-6-4-2/h6,8,12,14,18,20-22,61,64H,3-5,7,9-11,13,15-17,19,23-60H2,1-2H3/b8-6-,14-12-,20-18-,22-21-. The lowest BCUT2D eigenvalue weighted by Crippen LogP contribution is -2.28. The van der Waals surface area contributed by atoms with Crippen molar-refractivity contribution in [3.8, 4) is 0 Å². The number of rotatable bonds is 56. The number of ether oxygens (including phenoxy) is 2. The Bertz CT molecular complexity index is 1120. The van der Waals surface area contributed by atoms with Crippen LogP contribution in [0.4, 0.5) is 0 Å². The van der Waals surface area contributed by atoms with Crippen molar-refractivity contribution in [2.75, 3.05) is 13.2 Å². The number of hydrogen-bond donors (Lipinski definition) is 1. The summed E-state index contributed by atoms with van der Waals surface area (Å²) in [6, 6.07) is 0. The van der Waals surface area contributed by atoms with Gasteiger partial charge >= 0.3 is 11.9 Å². The summed E-state index contributed by atoms with van der Waals surface area (Å²) in [6.45, 7) is 4.06. The van der Waals surface area contributed by atoms with Gasteiger partial charge in [-0.25, -0.2) is 0 Å². The molecule has 0 radical (unpaired) electrons. The third-order valence-electron chi connectivity index (χ3n) is 13.6. The maximum atomic E-state index is 12.3. The van der Waals surface area contributed by atoms with Crippen molar-refractivity contribution in [1.29, 1.82) is 0 Å². The van der Waals surface area contributed by atoms with Crippen molar-refractivity contribution in [3.63, 3.8) is 0 Å². The van der Waals surface area contributed by atoms with E-state index in [1.165, 1.54) is 231 Å². The highest BCUT2D eigenvalue weighted by Gasteiger charge is 2.16. The third kappa shape index (κ3) is 56.4. The minimum Gasteiger partial charge on any atom is -0.462 e. The van der Waals surface area contributed by atoms with Crippen LogP contribution in [0.1, 0.15) is 322 Å². The van der Waals surface area contributed by atoms with Crippen LogP contribution < -0.4 is 0 Å². The van der Waals surface area contributed by atoms with Gasteiger partial charge in [-0.15, -0.1) is 0 Å². The molecule has 1 unspecified atom stereocenters. The molecule has 5 nitrogen and oxygen atoms in total. The van der Waals surface area contributed by atoms with Crippen LogP contribution in [-0.4, -0.2) is 36.4 Å². The summed E-state index contributed by atoms with van der Waals surface area (Å²) in [5.74, 6) is -0.589. The van der Waals surface area contributed by atoms with Gasteiger partial charge in [0.25, 0.3) is 0 Å². The van der Waals surface area contributed by atoms with Crippen LogP contribution in [0.3, 0.4) is 0 Å². The van der Waals surface area contributed by atoms with E-state index in [9.17, 15) is 14.7 Å². The number of aliphatic hydroxyl groups is 1. The van der Waals surface area contributed by atoms with Crippen molar-refractivity contribution < 1.29 is 24.2 Å². The lowest BCUT2D eigenvalue weighted by atomic mass is 10.0. The van der Waals surface area contributed by atoms with Crippen LogP contribution in [0.5, 0.6) is 0 Å². The predicted molar refractivity (Wildman–Crippen MR) is 297 cm³/mol. The Morgan fingerprint density at radius 2 is 0.632 bits per heavy atom. The average molecular weight is 954 g/mol. The monoisotopic (exact) mass is 953 g/mol. The van der Waals surface area contributed by atoms with Crippen LogP contribution in [0.2, 0.25) is 0 Å². The smallest absolute Gasteiger partial charge is 0.306 e. The fraction of sp³-hybridized carbons (Fsp3) is 0.841. The van der Waals surface area contributed by atoms with E-state index in [0.717, 1.165) is 64.2 Å². The van der Waals surface area contributed by atoms with Crippen molar-refractivity contribution in [2.24, 2.45) is 0 Å². The van der Waals surface area contributed by atoms with Gasteiger partial charge in [0.2, 0.25) is 0 Å². The Balaban J connectivity index is 3.38. The van der Waals surface area contributed by atoms with E-state index in [0.29, 0.717) is 12.8 Å². The number of unbranched alkanes of at least 4 members (excludes halogenated alkanes) is 40. The Morgan fingerprint density at radius 3 is 0.971 bits per heavy atom. The first-order chi connectivity index (χ1) is 33.6. The minimum absolute atomic E-state index is 0.0672. The molecular weight excluding hydrogens is 837 g/mol. The second kappa shape index (κ2) is 59.2. The highest BCUT2D eigenvalue weighted by molar-refractivity contribution is 5.70. The molecule has 0 spiro atoms. The first-order valence-electron chi connectivity index (χ1n) is 30.2. The van der Waals surface area contributed by atoms with Crippen LogP contribution in [0.15, 0.2) is 48.6 Å². The number of aliphatic hydroxyl groups excluding tert-OH is 1. The Morgan fingerprint density at radius 1 is 0.353 bits per heavy atom. The van der Waals surface area contributed by atoms with Crippen molar-refractivity contribution in [1.82, 2.24) is 0 Å². The molecule has 0 saturated carbocycles. The number of carbonyl (C=O) groups excluding carboxylic acids is 2. The van der Waals surface area contributed by atoms with Crippen LogP contribution >= 0.6 is 0 Å². The first kappa shape index (κ1) is 65.9. The molecule has 0 aliphatic carbocycles. The van der Waals surface area contributed by atoms with Gasteiger partial charge in [0, 0.05) is 12.8 Å². The molecule has 0 bridgehead atoms. The van der Waals surface area contributed by atoms with E-state index >= 15 is 0 Å². The van der Waals surface area contributed by atoms with E-state index in [-0.39, 0.29) is 25.2 Å². The Labute approximate surface area is 424 Å². The topological polar surface area (TPSA) is 72.8 Å². The Hall–Kier alpha value is -2.14. The van der Waals surface area contributed by atoms with E-state index < -0.39 is 6.10 Å². The van der Waals surface area contributed by atoms with Gasteiger partial charge in [-0.2, -0.15) is 0 Å². The largest absolute Gasteiger partial charge is 0.462 e. The van der Waals surface area contributed by atoms with Gasteiger partial charge in [0.05, 0.1) is 6.61 Å². The average Bonchev–Trinajstić information content (AvgIpc) is 3.34. The van der Waals surface area contributed by atoms with Crippen molar-refractivity contribution >= 4 is 11.9 Å². The predicted octanol–water partition coefficient (Wildman–Crippen LogP) is 20.4. The second-order valence-electron chi connectivity index (χ2n) is 20.4. The van der Waals surface area contributed by atoms with Gasteiger partial charge in [0.1, 0.15) is 6.61 Å². The molecule has 1 N–H and O–H groups in total. The molecule has 0 saturated heterocycles. The molecule has 0 rings (SSSR count).